The highest BCUT2D eigenvalue weighted by molar-refractivity contribution is 6.00. The van der Waals surface area contributed by atoms with Gasteiger partial charge in [-0.25, -0.2) is 4.79 Å². The van der Waals surface area contributed by atoms with E-state index in [1.807, 2.05) is 64.1 Å². The molecule has 1 atom stereocenters. The van der Waals surface area contributed by atoms with Crippen LogP contribution >= 0.6 is 0 Å². The Morgan fingerprint density at radius 3 is 2.21 bits per heavy atom. The monoisotopic (exact) mass is 463 g/mol. The van der Waals surface area contributed by atoms with E-state index in [9.17, 15) is 14.4 Å². The van der Waals surface area contributed by atoms with Gasteiger partial charge < -0.3 is 15.4 Å². The van der Waals surface area contributed by atoms with Crippen LogP contribution in [0.3, 0.4) is 0 Å². The molecule has 34 heavy (non-hydrogen) atoms. The lowest BCUT2D eigenvalue weighted by Gasteiger charge is -2.28. The number of nitrogens with one attached hydrogen (secondary N) is 2. The Kier molecular flexibility index (Phi) is 8.47. The van der Waals surface area contributed by atoms with E-state index in [0.29, 0.717) is 11.3 Å². The summed E-state index contributed by atoms with van der Waals surface area (Å²) in [7, 11) is 0. The normalized spacial score (nSPS) is 11.7. The Morgan fingerprint density at radius 2 is 1.65 bits per heavy atom. The molecule has 7 nitrogen and oxygen atoms in total. The van der Waals surface area contributed by atoms with Crippen molar-refractivity contribution in [3.63, 3.8) is 0 Å². The van der Waals surface area contributed by atoms with E-state index in [4.69, 9.17) is 11.2 Å². The van der Waals surface area contributed by atoms with Gasteiger partial charge in [0.1, 0.15) is 18.2 Å². The van der Waals surface area contributed by atoms with Crippen molar-refractivity contribution in [1.82, 2.24) is 10.2 Å². The largest absolute Gasteiger partial charge is 0.444 e. The first-order valence-corrected chi connectivity index (χ1v) is 11.0. The maximum Gasteiger partial charge on any atom is 0.408 e. The number of carbonyl (C=O) groups excluding carboxylic acids is 3. The zero-order valence-corrected chi connectivity index (χ0v) is 20.9. The Hall–Kier alpha value is -3.79. The van der Waals surface area contributed by atoms with E-state index in [-0.39, 0.29) is 0 Å². The molecule has 0 aliphatic heterocycles. The van der Waals surface area contributed by atoms with Crippen molar-refractivity contribution in [2.24, 2.45) is 0 Å². The fourth-order valence-electron chi connectivity index (χ4n) is 3.49. The number of alkyl carbamates (subject to hydrolysis) is 1. The second-order valence-corrected chi connectivity index (χ2v) is 9.27. The molecule has 0 aliphatic rings. The van der Waals surface area contributed by atoms with Crippen molar-refractivity contribution in [3.8, 4) is 12.5 Å². The number of benzene rings is 2. The van der Waals surface area contributed by atoms with Crippen LogP contribution in [0.1, 0.15) is 54.6 Å². The summed E-state index contributed by atoms with van der Waals surface area (Å²) in [5.74, 6) is -1.06. The fourth-order valence-corrected chi connectivity index (χ4v) is 3.49. The Morgan fingerprint density at radius 1 is 1.03 bits per heavy atom. The summed E-state index contributed by atoms with van der Waals surface area (Å²) in [5.41, 5.74) is 4.05. The van der Waals surface area contributed by atoms with Crippen LogP contribution in [0, 0.1) is 40.2 Å². The van der Waals surface area contributed by atoms with E-state index in [0.717, 1.165) is 27.2 Å². The summed E-state index contributed by atoms with van der Waals surface area (Å²) in [5, 5.41) is 5.36. The average Bonchev–Trinajstić information content (AvgIpc) is 2.73. The van der Waals surface area contributed by atoms with Gasteiger partial charge in [-0.05, 0) is 70.7 Å². The third-order valence-corrected chi connectivity index (χ3v) is 5.16. The van der Waals surface area contributed by atoms with Crippen molar-refractivity contribution in [3.05, 3.63) is 64.2 Å². The summed E-state index contributed by atoms with van der Waals surface area (Å²) in [4.78, 5) is 39.7. The first-order chi connectivity index (χ1) is 15.8. The second kappa shape index (κ2) is 10.9. The Labute approximate surface area is 201 Å². The zero-order chi connectivity index (χ0) is 25.6. The third kappa shape index (κ3) is 6.85. The number of terminal acetylenes is 1. The predicted octanol–water partition coefficient (Wildman–Crippen LogP) is 4.54. The lowest BCUT2D eigenvalue weighted by Crippen LogP contribution is -2.44. The van der Waals surface area contributed by atoms with E-state index in [1.54, 1.807) is 20.8 Å². The first-order valence-electron chi connectivity index (χ1n) is 11.0. The van der Waals surface area contributed by atoms with Gasteiger partial charge >= 0.3 is 6.09 Å². The summed E-state index contributed by atoms with van der Waals surface area (Å²) >= 11 is 0. The molecule has 0 spiro atoms. The second-order valence-electron chi connectivity index (χ2n) is 9.27. The molecular formula is C27H33N3O4. The van der Waals surface area contributed by atoms with E-state index in [2.05, 4.69) is 16.7 Å². The number of nitrogens with zero attached hydrogens (tertiary/aromatic N) is 1. The topological polar surface area (TPSA) is 87.7 Å². The number of hydrogen-bond acceptors (Lipinski definition) is 4. The van der Waals surface area contributed by atoms with Gasteiger partial charge in [0, 0.05) is 11.7 Å². The minimum Gasteiger partial charge on any atom is -0.444 e. The molecule has 0 fully saturated rings. The Balaban J connectivity index is 2.40. The standard InChI is InChI=1S/C27H33N3O4/c1-9-30(22(31)16-28-26(33)34-27(6,7)8)24(21-15-17(2)13-14-18(21)3)25(32)29-23-19(4)11-10-12-20(23)5/h1,10-15,24H,16H2,2-8H3,(H,28,33)(H,29,32). The third-order valence-electron chi connectivity index (χ3n) is 5.16. The lowest BCUT2D eigenvalue weighted by atomic mass is 9.96. The van der Waals surface area contributed by atoms with Crippen LogP contribution in [0.4, 0.5) is 10.5 Å². The van der Waals surface area contributed by atoms with Gasteiger partial charge in [0.05, 0.1) is 0 Å². The molecule has 7 heteroatoms. The van der Waals surface area contributed by atoms with E-state index in [1.165, 1.54) is 0 Å². The van der Waals surface area contributed by atoms with E-state index >= 15 is 0 Å². The summed E-state index contributed by atoms with van der Waals surface area (Å²) in [6.07, 6.45) is 4.98. The van der Waals surface area contributed by atoms with Crippen LogP contribution in [0.15, 0.2) is 36.4 Å². The highest BCUT2D eigenvalue weighted by atomic mass is 16.6. The summed E-state index contributed by atoms with van der Waals surface area (Å²) in [6, 6.07) is 12.6. The van der Waals surface area contributed by atoms with Crippen molar-refractivity contribution in [1.29, 1.82) is 0 Å². The molecule has 2 aromatic rings. The van der Waals surface area contributed by atoms with Crippen LogP contribution in [-0.2, 0) is 14.3 Å². The number of anilines is 1. The van der Waals surface area contributed by atoms with Crippen LogP contribution in [0.2, 0.25) is 0 Å². The summed E-state index contributed by atoms with van der Waals surface area (Å²) < 4.78 is 5.18. The van der Waals surface area contributed by atoms with Crippen molar-refractivity contribution < 1.29 is 19.1 Å². The first kappa shape index (κ1) is 26.5. The number of hydrogen-bond donors (Lipinski definition) is 2. The smallest absolute Gasteiger partial charge is 0.408 e. The van der Waals surface area contributed by atoms with Crippen LogP contribution in [0.25, 0.3) is 0 Å². The van der Waals surface area contributed by atoms with Gasteiger partial charge in [-0.3, -0.25) is 14.5 Å². The molecule has 0 heterocycles. The lowest BCUT2D eigenvalue weighted by molar-refractivity contribution is -0.134. The SMILES string of the molecule is C#CN(C(=O)CNC(=O)OC(C)(C)C)C(C(=O)Nc1c(C)cccc1C)c1cc(C)ccc1C. The molecule has 2 N–H and O–H groups in total. The van der Waals surface area contributed by atoms with Gasteiger partial charge in [0.25, 0.3) is 11.8 Å². The zero-order valence-electron chi connectivity index (χ0n) is 20.9. The molecule has 0 aromatic heterocycles. The predicted molar refractivity (Wildman–Crippen MR) is 133 cm³/mol. The molecule has 180 valence electrons. The quantitative estimate of drug-likeness (QED) is 0.486. The van der Waals surface area contributed by atoms with Crippen LogP contribution in [0.5, 0.6) is 0 Å². The van der Waals surface area contributed by atoms with Gasteiger partial charge in [0.15, 0.2) is 0 Å². The number of para-hydroxylation sites is 1. The molecule has 2 aromatic carbocycles. The van der Waals surface area contributed by atoms with Gasteiger partial charge in [0.2, 0.25) is 0 Å². The summed E-state index contributed by atoms with van der Waals surface area (Å²) in [6.45, 7) is 12.3. The molecule has 0 radical (unpaired) electrons. The van der Waals surface area contributed by atoms with Crippen LogP contribution in [-0.4, -0.2) is 35.0 Å². The molecule has 2 rings (SSSR count). The molecular weight excluding hydrogens is 430 g/mol. The molecule has 0 aliphatic carbocycles. The van der Waals surface area contributed by atoms with Crippen molar-refractivity contribution in [2.75, 3.05) is 11.9 Å². The van der Waals surface area contributed by atoms with E-state index < -0.39 is 36.1 Å². The van der Waals surface area contributed by atoms with Gasteiger partial charge in [-0.2, -0.15) is 0 Å². The number of rotatable bonds is 6. The van der Waals surface area contributed by atoms with Crippen molar-refractivity contribution >= 4 is 23.6 Å². The number of amides is 3. The fraction of sp³-hybridized carbons (Fsp3) is 0.370. The number of aryl methyl sites for hydroxylation is 4. The highest BCUT2D eigenvalue weighted by Gasteiger charge is 2.33. The minimum absolute atomic E-state index is 0.419. The number of ether oxygens (including phenoxy) is 1. The molecule has 0 bridgehead atoms. The Bertz CT molecular complexity index is 1110. The van der Waals surface area contributed by atoms with Gasteiger partial charge in [-0.15, -0.1) is 0 Å². The number of carbonyl (C=O) groups is 3. The maximum atomic E-state index is 13.6. The van der Waals surface area contributed by atoms with Crippen LogP contribution < -0.4 is 10.6 Å². The molecule has 0 saturated carbocycles. The maximum absolute atomic E-state index is 13.6. The van der Waals surface area contributed by atoms with Crippen molar-refractivity contribution in [2.45, 2.75) is 60.1 Å². The molecule has 1 unspecified atom stereocenters. The average molecular weight is 464 g/mol. The van der Waals surface area contributed by atoms with Gasteiger partial charge in [-0.1, -0.05) is 48.4 Å². The molecule has 3 amide bonds. The highest BCUT2D eigenvalue weighted by Crippen LogP contribution is 2.28. The molecule has 0 saturated heterocycles. The minimum atomic E-state index is -1.10.